The van der Waals surface area contributed by atoms with Crippen molar-refractivity contribution in [3.05, 3.63) is 72.3 Å². The molecule has 0 unspecified atom stereocenters. The van der Waals surface area contributed by atoms with Crippen LogP contribution in [0.2, 0.25) is 0 Å². The first-order valence-corrected chi connectivity index (χ1v) is 13.9. The first-order chi connectivity index (χ1) is 18.0. The van der Waals surface area contributed by atoms with Crippen LogP contribution in [0.5, 0.6) is 0 Å². The molecule has 2 aliphatic rings. The summed E-state index contributed by atoms with van der Waals surface area (Å²) in [5.41, 5.74) is 0.993. The maximum Gasteiger partial charge on any atom is 0.334 e. The Morgan fingerprint density at radius 1 is 0.892 bits per heavy atom. The number of nitrogens with one attached hydrogen (secondary N) is 2. The number of amides is 3. The third kappa shape index (κ3) is 5.18. The molecule has 2 saturated heterocycles. The van der Waals surface area contributed by atoms with E-state index < -0.39 is 22.1 Å². The predicted octanol–water partition coefficient (Wildman–Crippen LogP) is 3.29. The second kappa shape index (κ2) is 10.9. The lowest BCUT2D eigenvalue weighted by molar-refractivity contribution is 0.0459. The van der Waals surface area contributed by atoms with Crippen molar-refractivity contribution in [1.29, 1.82) is 0 Å². The van der Waals surface area contributed by atoms with Gasteiger partial charge < -0.3 is 20.3 Å². The molecule has 0 aromatic heterocycles. The van der Waals surface area contributed by atoms with Gasteiger partial charge in [0, 0.05) is 35.1 Å². The van der Waals surface area contributed by atoms with Gasteiger partial charge in [-0.05, 0) is 50.2 Å². The first-order valence-electron chi connectivity index (χ1n) is 12.5. The van der Waals surface area contributed by atoms with Gasteiger partial charge in [0.2, 0.25) is 0 Å². The number of hydrogen-bond acceptors (Lipinski definition) is 6. The molecule has 2 aliphatic heterocycles. The zero-order valence-electron chi connectivity index (χ0n) is 20.4. The summed E-state index contributed by atoms with van der Waals surface area (Å²) in [6.07, 6.45) is 1.08. The van der Waals surface area contributed by atoms with Crippen LogP contribution >= 0.6 is 0 Å². The normalized spacial score (nSPS) is 16.9. The summed E-state index contributed by atoms with van der Waals surface area (Å²) in [5.74, 6) is -0.291. The van der Waals surface area contributed by atoms with E-state index in [1.54, 1.807) is 59.5 Å². The van der Waals surface area contributed by atoms with E-state index in [1.807, 2.05) is 6.07 Å². The number of fused-ring (bicyclic) bond motifs is 1. The number of rotatable bonds is 5. The highest BCUT2D eigenvalue weighted by Gasteiger charge is 2.40. The minimum absolute atomic E-state index is 0.0425. The average Bonchev–Trinajstić information content (AvgIpc) is 2.94. The van der Waals surface area contributed by atoms with Crippen LogP contribution in [0.1, 0.15) is 23.2 Å². The fourth-order valence-corrected chi connectivity index (χ4v) is 6.72. The number of nitrogens with zero attached hydrogens (tertiary/aromatic N) is 2. The van der Waals surface area contributed by atoms with Crippen LogP contribution in [0.4, 0.5) is 10.5 Å². The van der Waals surface area contributed by atoms with Gasteiger partial charge in [-0.25, -0.2) is 17.5 Å². The Bertz CT molecular complexity index is 1380. The minimum Gasteiger partial charge on any atom is -0.378 e. The van der Waals surface area contributed by atoms with Crippen molar-refractivity contribution in [2.75, 3.05) is 44.7 Å². The quantitative estimate of drug-likeness (QED) is 0.533. The van der Waals surface area contributed by atoms with Crippen LogP contribution in [0.15, 0.2) is 71.6 Å². The average molecular weight is 523 g/mol. The molecule has 0 bridgehead atoms. The number of sulfonamides is 1. The minimum atomic E-state index is -4.21. The number of carbonyl (C=O) groups is 2. The van der Waals surface area contributed by atoms with E-state index in [9.17, 15) is 18.0 Å². The smallest absolute Gasteiger partial charge is 0.334 e. The summed E-state index contributed by atoms with van der Waals surface area (Å²) in [4.78, 5) is 28.1. The number of hydrogen-bond donors (Lipinski definition) is 2. The lowest BCUT2D eigenvalue weighted by Crippen LogP contribution is -2.55. The van der Waals surface area contributed by atoms with Crippen molar-refractivity contribution >= 4 is 38.4 Å². The number of anilines is 1. The number of ether oxygens (including phenoxy) is 1. The molecule has 37 heavy (non-hydrogen) atoms. The molecule has 9 nitrogen and oxygen atoms in total. The van der Waals surface area contributed by atoms with Crippen LogP contribution < -0.4 is 10.6 Å². The highest BCUT2D eigenvalue weighted by Crippen LogP contribution is 2.33. The molecular weight excluding hydrogens is 492 g/mol. The maximum atomic E-state index is 14.2. The molecule has 2 N–H and O–H groups in total. The van der Waals surface area contributed by atoms with E-state index in [1.165, 1.54) is 6.07 Å². The lowest BCUT2D eigenvalue weighted by atomic mass is 10.1. The molecule has 0 radical (unpaired) electrons. The SMILES string of the molecule is O=C(Nc1ccc(S(=O)(=O)N(C(=O)N2CCOCC2)C2CCNCC2)c2ccccc12)c1ccccc1. The number of benzene rings is 3. The van der Waals surface area contributed by atoms with Crippen molar-refractivity contribution in [2.24, 2.45) is 0 Å². The first kappa shape index (κ1) is 25.2. The van der Waals surface area contributed by atoms with Gasteiger partial charge in [-0.15, -0.1) is 0 Å². The monoisotopic (exact) mass is 522 g/mol. The number of piperidine rings is 1. The molecular formula is C27H30N4O5S. The summed E-state index contributed by atoms with van der Waals surface area (Å²) < 4.78 is 34.9. The van der Waals surface area contributed by atoms with Crippen LogP contribution in [-0.2, 0) is 14.8 Å². The van der Waals surface area contributed by atoms with E-state index in [2.05, 4.69) is 10.6 Å². The van der Waals surface area contributed by atoms with Crippen LogP contribution in [-0.4, -0.2) is 75.0 Å². The predicted molar refractivity (Wildman–Crippen MR) is 141 cm³/mol. The Morgan fingerprint density at radius 3 is 2.24 bits per heavy atom. The number of morpholine rings is 1. The van der Waals surface area contributed by atoms with Crippen LogP contribution in [0.3, 0.4) is 0 Å². The van der Waals surface area contributed by atoms with Gasteiger partial charge in [0.1, 0.15) is 0 Å². The summed E-state index contributed by atoms with van der Waals surface area (Å²) in [6, 6.07) is 18.0. The molecule has 194 valence electrons. The molecule has 0 saturated carbocycles. The molecule has 0 spiro atoms. The maximum absolute atomic E-state index is 14.2. The standard InChI is InChI=1S/C27H30N4O5S/c32-26(20-6-2-1-3-7-20)29-24-10-11-25(23-9-5-4-8-22(23)24)37(34,35)31(21-12-14-28-15-13-21)27(33)30-16-18-36-19-17-30/h1-11,21,28H,12-19H2,(H,29,32). The largest absolute Gasteiger partial charge is 0.378 e. The van der Waals surface area contributed by atoms with E-state index in [-0.39, 0.29) is 10.8 Å². The van der Waals surface area contributed by atoms with Gasteiger partial charge in [-0.3, -0.25) is 4.79 Å². The van der Waals surface area contributed by atoms with Gasteiger partial charge >= 0.3 is 6.03 Å². The van der Waals surface area contributed by atoms with Crippen LogP contribution in [0.25, 0.3) is 10.8 Å². The molecule has 2 fully saturated rings. The van der Waals surface area contributed by atoms with Crippen molar-refractivity contribution < 1.29 is 22.7 Å². The fourth-order valence-electron chi connectivity index (χ4n) is 4.89. The lowest BCUT2D eigenvalue weighted by Gasteiger charge is -2.38. The summed E-state index contributed by atoms with van der Waals surface area (Å²) in [6.45, 7) is 2.73. The van der Waals surface area contributed by atoms with E-state index in [4.69, 9.17) is 4.74 Å². The zero-order chi connectivity index (χ0) is 25.8. The Kier molecular flexibility index (Phi) is 7.40. The van der Waals surface area contributed by atoms with E-state index >= 15 is 0 Å². The second-order valence-electron chi connectivity index (χ2n) is 9.14. The van der Waals surface area contributed by atoms with Gasteiger partial charge in [-0.2, -0.15) is 0 Å². The Morgan fingerprint density at radius 2 is 1.54 bits per heavy atom. The fraction of sp³-hybridized carbons (Fsp3) is 0.333. The topological polar surface area (TPSA) is 108 Å². The highest BCUT2D eigenvalue weighted by atomic mass is 32.2. The van der Waals surface area contributed by atoms with Crippen molar-refractivity contribution in [3.8, 4) is 0 Å². The molecule has 5 rings (SSSR count). The molecule has 0 aliphatic carbocycles. The van der Waals surface area contributed by atoms with Crippen molar-refractivity contribution in [3.63, 3.8) is 0 Å². The molecule has 3 aromatic rings. The van der Waals surface area contributed by atoms with Gasteiger partial charge in [0.15, 0.2) is 0 Å². The molecule has 10 heteroatoms. The van der Waals surface area contributed by atoms with Gasteiger partial charge in [0.25, 0.3) is 15.9 Å². The molecule has 3 amide bonds. The van der Waals surface area contributed by atoms with Crippen molar-refractivity contribution in [2.45, 2.75) is 23.8 Å². The summed E-state index contributed by atoms with van der Waals surface area (Å²) >= 11 is 0. The third-order valence-electron chi connectivity index (χ3n) is 6.82. The highest BCUT2D eigenvalue weighted by molar-refractivity contribution is 7.90. The summed E-state index contributed by atoms with van der Waals surface area (Å²) in [5, 5.41) is 7.17. The van der Waals surface area contributed by atoms with Crippen molar-refractivity contribution in [1.82, 2.24) is 14.5 Å². The van der Waals surface area contributed by atoms with Gasteiger partial charge in [0.05, 0.1) is 24.2 Å². The second-order valence-corrected chi connectivity index (χ2v) is 10.9. The summed E-state index contributed by atoms with van der Waals surface area (Å²) in [7, 11) is -4.21. The zero-order valence-corrected chi connectivity index (χ0v) is 21.2. The Balaban J connectivity index is 1.55. The number of carbonyl (C=O) groups excluding carboxylic acids is 2. The Hall–Kier alpha value is -3.47. The van der Waals surface area contributed by atoms with E-state index in [0.717, 1.165) is 4.31 Å². The third-order valence-corrected chi connectivity index (χ3v) is 8.70. The Labute approximate surface area is 216 Å². The molecule has 3 aromatic carbocycles. The molecule has 0 atom stereocenters. The van der Waals surface area contributed by atoms with Gasteiger partial charge in [-0.1, -0.05) is 42.5 Å². The van der Waals surface area contributed by atoms with E-state index in [0.29, 0.717) is 74.3 Å². The van der Waals surface area contributed by atoms with Crippen LogP contribution in [0, 0.1) is 0 Å². The number of urea groups is 1. The molecule has 2 heterocycles.